The molecule has 0 saturated heterocycles. The van der Waals surface area contributed by atoms with Crippen molar-refractivity contribution < 1.29 is 27.8 Å². The Morgan fingerprint density at radius 2 is 1.83 bits per heavy atom. The van der Waals surface area contributed by atoms with Crippen molar-refractivity contribution in [2.24, 2.45) is 0 Å². The summed E-state index contributed by atoms with van der Waals surface area (Å²) in [7, 11) is 1.33. The standard InChI is InChI=1S/C21H24F3NO3.ClH/c1-14(6-7-15-8-10-16(11-9-15)20(27)28-2)25-13-19(26)17-4-3-5-18(12-17)21(22,23)24;/h3-5,8-12,14,19,25-26H,6-7,13H2,1-2H3;1H. The molecule has 0 aliphatic rings. The fourth-order valence-corrected chi connectivity index (χ4v) is 2.76. The van der Waals surface area contributed by atoms with Gasteiger partial charge < -0.3 is 15.2 Å². The van der Waals surface area contributed by atoms with Crippen LogP contribution >= 0.6 is 12.4 Å². The van der Waals surface area contributed by atoms with Gasteiger partial charge >= 0.3 is 12.1 Å². The van der Waals surface area contributed by atoms with E-state index in [0.29, 0.717) is 5.56 Å². The molecule has 2 N–H and O–H groups in total. The van der Waals surface area contributed by atoms with Gasteiger partial charge in [-0.25, -0.2) is 4.79 Å². The molecule has 0 bridgehead atoms. The monoisotopic (exact) mass is 431 g/mol. The topological polar surface area (TPSA) is 58.6 Å². The number of aryl methyl sites for hydroxylation is 1. The lowest BCUT2D eigenvalue weighted by Crippen LogP contribution is -2.30. The molecule has 160 valence electrons. The van der Waals surface area contributed by atoms with E-state index in [0.717, 1.165) is 30.5 Å². The van der Waals surface area contributed by atoms with Crippen LogP contribution in [0, 0.1) is 0 Å². The first-order valence-corrected chi connectivity index (χ1v) is 8.96. The Hall–Kier alpha value is -2.09. The Labute approximate surface area is 174 Å². The predicted octanol–water partition coefficient (Wildman–Crippen LogP) is 4.56. The van der Waals surface area contributed by atoms with Gasteiger partial charge in [-0.1, -0.05) is 24.3 Å². The first-order chi connectivity index (χ1) is 13.2. The molecule has 0 aromatic heterocycles. The van der Waals surface area contributed by atoms with E-state index in [9.17, 15) is 23.1 Å². The maximum absolute atomic E-state index is 12.8. The number of hydrogen-bond acceptors (Lipinski definition) is 4. The smallest absolute Gasteiger partial charge is 0.416 e. The minimum atomic E-state index is -4.43. The van der Waals surface area contributed by atoms with Crippen molar-refractivity contribution in [3.05, 3.63) is 70.8 Å². The van der Waals surface area contributed by atoms with Gasteiger partial charge in [0.15, 0.2) is 0 Å². The third kappa shape index (κ3) is 7.68. The van der Waals surface area contributed by atoms with E-state index in [1.54, 1.807) is 12.1 Å². The van der Waals surface area contributed by atoms with Crippen molar-refractivity contribution in [2.45, 2.75) is 38.1 Å². The zero-order valence-electron chi connectivity index (χ0n) is 16.2. The van der Waals surface area contributed by atoms with E-state index >= 15 is 0 Å². The molecule has 0 aliphatic heterocycles. The molecule has 0 aliphatic carbocycles. The maximum Gasteiger partial charge on any atom is 0.416 e. The highest BCUT2D eigenvalue weighted by Gasteiger charge is 2.30. The predicted molar refractivity (Wildman–Crippen MR) is 107 cm³/mol. The zero-order valence-corrected chi connectivity index (χ0v) is 17.0. The second kappa shape index (κ2) is 11.2. The van der Waals surface area contributed by atoms with Crippen LogP contribution in [0.2, 0.25) is 0 Å². The quantitative estimate of drug-likeness (QED) is 0.602. The van der Waals surface area contributed by atoms with E-state index < -0.39 is 17.8 Å². The fraction of sp³-hybridized carbons (Fsp3) is 0.381. The molecule has 2 atom stereocenters. The molecule has 0 spiro atoms. The van der Waals surface area contributed by atoms with Gasteiger partial charge in [0.05, 0.1) is 24.3 Å². The molecule has 2 unspecified atom stereocenters. The largest absolute Gasteiger partial charge is 0.465 e. The van der Waals surface area contributed by atoms with Crippen LogP contribution in [0.15, 0.2) is 48.5 Å². The highest BCUT2D eigenvalue weighted by molar-refractivity contribution is 5.89. The summed E-state index contributed by atoms with van der Waals surface area (Å²) in [5.41, 5.74) is 1.00. The molecule has 0 saturated carbocycles. The van der Waals surface area contributed by atoms with Gasteiger partial charge in [0.2, 0.25) is 0 Å². The second-order valence-corrected chi connectivity index (χ2v) is 6.68. The van der Waals surface area contributed by atoms with Gasteiger partial charge in [-0.3, -0.25) is 0 Å². The second-order valence-electron chi connectivity index (χ2n) is 6.68. The Morgan fingerprint density at radius 3 is 2.41 bits per heavy atom. The summed E-state index contributed by atoms with van der Waals surface area (Å²) in [6.07, 6.45) is -3.92. The summed E-state index contributed by atoms with van der Waals surface area (Å²) >= 11 is 0. The summed E-state index contributed by atoms with van der Waals surface area (Å²) < 4.78 is 43.0. The number of esters is 1. The molecule has 0 amide bonds. The highest BCUT2D eigenvalue weighted by Crippen LogP contribution is 2.30. The summed E-state index contributed by atoms with van der Waals surface area (Å²) in [6.45, 7) is 2.10. The first-order valence-electron chi connectivity index (χ1n) is 8.96. The summed E-state index contributed by atoms with van der Waals surface area (Å²) in [6, 6.07) is 11.9. The fourth-order valence-electron chi connectivity index (χ4n) is 2.76. The number of rotatable bonds is 8. The van der Waals surface area contributed by atoms with Gasteiger partial charge in [-0.15, -0.1) is 12.4 Å². The van der Waals surface area contributed by atoms with Gasteiger partial charge in [0, 0.05) is 12.6 Å². The van der Waals surface area contributed by atoms with Crippen molar-refractivity contribution in [3.8, 4) is 0 Å². The lowest BCUT2D eigenvalue weighted by molar-refractivity contribution is -0.137. The van der Waals surface area contributed by atoms with Gasteiger partial charge in [0.1, 0.15) is 0 Å². The number of nitrogens with one attached hydrogen (secondary N) is 1. The third-order valence-electron chi connectivity index (χ3n) is 4.50. The van der Waals surface area contributed by atoms with E-state index in [2.05, 4.69) is 10.1 Å². The number of aliphatic hydroxyl groups is 1. The average Bonchev–Trinajstić information content (AvgIpc) is 2.69. The number of aliphatic hydroxyl groups excluding tert-OH is 1. The van der Waals surface area contributed by atoms with E-state index in [4.69, 9.17) is 0 Å². The minimum Gasteiger partial charge on any atom is -0.465 e. The first kappa shape index (κ1) is 24.9. The lowest BCUT2D eigenvalue weighted by atomic mass is 10.0. The molecule has 0 heterocycles. The van der Waals surface area contributed by atoms with Crippen molar-refractivity contribution >= 4 is 18.4 Å². The van der Waals surface area contributed by atoms with Crippen LogP contribution in [-0.2, 0) is 17.3 Å². The average molecular weight is 432 g/mol. The van der Waals surface area contributed by atoms with Crippen molar-refractivity contribution in [3.63, 3.8) is 0 Å². The molecular formula is C21H25ClF3NO3. The van der Waals surface area contributed by atoms with Gasteiger partial charge in [-0.05, 0) is 55.2 Å². The van der Waals surface area contributed by atoms with Crippen molar-refractivity contribution in [1.29, 1.82) is 0 Å². The Kier molecular flexibility index (Phi) is 9.62. The molecule has 0 fully saturated rings. The number of hydrogen-bond donors (Lipinski definition) is 2. The maximum atomic E-state index is 12.8. The van der Waals surface area contributed by atoms with Crippen LogP contribution in [0.1, 0.15) is 46.5 Å². The van der Waals surface area contributed by atoms with Crippen LogP contribution in [-0.4, -0.2) is 30.8 Å². The number of carbonyl (C=O) groups is 1. The van der Waals surface area contributed by atoms with Gasteiger partial charge in [-0.2, -0.15) is 13.2 Å². The minimum absolute atomic E-state index is 0. The van der Waals surface area contributed by atoms with Crippen LogP contribution < -0.4 is 5.32 Å². The van der Waals surface area contributed by atoms with E-state index in [1.807, 2.05) is 19.1 Å². The number of ether oxygens (including phenoxy) is 1. The summed E-state index contributed by atoms with van der Waals surface area (Å²) in [5, 5.41) is 13.3. The van der Waals surface area contributed by atoms with E-state index in [-0.39, 0.29) is 36.5 Å². The van der Waals surface area contributed by atoms with Crippen LogP contribution in [0.4, 0.5) is 13.2 Å². The summed E-state index contributed by atoms with van der Waals surface area (Å²) in [5.74, 6) is -0.384. The Balaban J connectivity index is 0.00000420. The number of methoxy groups -OCH3 is 1. The molecule has 4 nitrogen and oxygen atoms in total. The zero-order chi connectivity index (χ0) is 20.7. The Morgan fingerprint density at radius 1 is 1.17 bits per heavy atom. The Bertz CT molecular complexity index is 781. The SMILES string of the molecule is COC(=O)c1ccc(CCC(C)NCC(O)c2cccc(C(F)(F)F)c2)cc1.Cl. The highest BCUT2D eigenvalue weighted by atomic mass is 35.5. The lowest BCUT2D eigenvalue weighted by Gasteiger charge is -2.18. The molecule has 0 radical (unpaired) electrons. The normalized spacial score (nSPS) is 13.3. The van der Waals surface area contributed by atoms with Crippen LogP contribution in [0.3, 0.4) is 0 Å². The molecule has 2 aromatic rings. The van der Waals surface area contributed by atoms with Crippen molar-refractivity contribution in [1.82, 2.24) is 5.32 Å². The van der Waals surface area contributed by atoms with Gasteiger partial charge in [0.25, 0.3) is 0 Å². The molecule has 29 heavy (non-hydrogen) atoms. The third-order valence-corrected chi connectivity index (χ3v) is 4.50. The number of halogens is 4. The molecule has 2 rings (SSSR count). The van der Waals surface area contributed by atoms with Crippen LogP contribution in [0.25, 0.3) is 0 Å². The summed E-state index contributed by atoms with van der Waals surface area (Å²) in [4.78, 5) is 11.4. The number of alkyl halides is 3. The number of carbonyl (C=O) groups excluding carboxylic acids is 1. The molecular weight excluding hydrogens is 407 g/mol. The number of benzene rings is 2. The van der Waals surface area contributed by atoms with Crippen molar-refractivity contribution in [2.75, 3.05) is 13.7 Å². The molecule has 2 aromatic carbocycles. The molecule has 8 heteroatoms. The van der Waals surface area contributed by atoms with E-state index in [1.165, 1.54) is 19.2 Å². The van der Waals surface area contributed by atoms with Crippen LogP contribution in [0.5, 0.6) is 0 Å².